The van der Waals surface area contributed by atoms with E-state index in [1.807, 2.05) is 13.8 Å². The zero-order valence-electron chi connectivity index (χ0n) is 10.2. The van der Waals surface area contributed by atoms with Crippen LogP contribution in [0.2, 0.25) is 0 Å². The summed E-state index contributed by atoms with van der Waals surface area (Å²) < 4.78 is 33.0. The van der Waals surface area contributed by atoms with E-state index in [1.54, 1.807) is 0 Å². The monoisotopic (exact) mass is 264 g/mol. The minimum atomic E-state index is -3.43. The number of morpholine rings is 1. The number of hydrogen-bond acceptors (Lipinski definition) is 4. The first-order chi connectivity index (χ1) is 7.89. The minimum Gasteiger partial charge on any atom is -0.392 e. The largest absolute Gasteiger partial charge is 0.392 e. The lowest BCUT2D eigenvalue weighted by Crippen LogP contribution is -2.52. The van der Waals surface area contributed by atoms with Crippen LogP contribution < -0.4 is 0 Å². The predicted octanol–water partition coefficient (Wildman–Crippen LogP) is -0.593. The van der Waals surface area contributed by atoms with Crippen LogP contribution in [0.1, 0.15) is 20.3 Å². The van der Waals surface area contributed by atoms with E-state index < -0.39 is 16.3 Å². The third kappa shape index (κ3) is 2.79. The van der Waals surface area contributed by atoms with Crippen LogP contribution in [-0.4, -0.2) is 66.6 Å². The van der Waals surface area contributed by atoms with Gasteiger partial charge in [-0.1, -0.05) is 0 Å². The van der Waals surface area contributed by atoms with Crippen LogP contribution in [0.25, 0.3) is 0 Å². The van der Waals surface area contributed by atoms with Crippen LogP contribution in [0.3, 0.4) is 0 Å². The standard InChI is InChI=1S/C10H20N2O4S/c1-8-5-12(6-9(2)16-8)17(14,15)11-4-3-10(13)7-11/h8-10,13H,3-7H2,1-2H3. The third-order valence-corrected chi connectivity index (χ3v) is 5.10. The molecular formula is C10H20N2O4S. The number of aliphatic hydroxyl groups excluding tert-OH is 1. The van der Waals surface area contributed by atoms with E-state index in [9.17, 15) is 13.5 Å². The van der Waals surface area contributed by atoms with Crippen molar-refractivity contribution in [1.82, 2.24) is 8.61 Å². The summed E-state index contributed by atoms with van der Waals surface area (Å²) in [6, 6.07) is 0. The molecule has 0 spiro atoms. The molecule has 100 valence electrons. The van der Waals surface area contributed by atoms with Gasteiger partial charge in [0.05, 0.1) is 18.3 Å². The van der Waals surface area contributed by atoms with Crippen LogP contribution in [0, 0.1) is 0 Å². The second-order valence-corrected chi connectivity index (χ2v) is 6.81. The van der Waals surface area contributed by atoms with Gasteiger partial charge in [-0.2, -0.15) is 17.0 Å². The second kappa shape index (κ2) is 4.81. The van der Waals surface area contributed by atoms with E-state index in [0.29, 0.717) is 26.1 Å². The average Bonchev–Trinajstić information content (AvgIpc) is 2.64. The molecule has 17 heavy (non-hydrogen) atoms. The fraction of sp³-hybridized carbons (Fsp3) is 1.00. The van der Waals surface area contributed by atoms with Crippen molar-refractivity contribution in [2.24, 2.45) is 0 Å². The SMILES string of the molecule is CC1CN(S(=O)(=O)N2CCC(O)C2)CC(C)O1. The highest BCUT2D eigenvalue weighted by Gasteiger charge is 2.38. The molecule has 2 fully saturated rings. The Morgan fingerprint density at radius 3 is 2.18 bits per heavy atom. The van der Waals surface area contributed by atoms with Crippen molar-refractivity contribution in [2.45, 2.75) is 38.6 Å². The Balaban J connectivity index is 2.09. The van der Waals surface area contributed by atoms with Gasteiger partial charge in [-0.05, 0) is 20.3 Å². The quantitative estimate of drug-likeness (QED) is 0.723. The highest BCUT2D eigenvalue weighted by molar-refractivity contribution is 7.86. The molecule has 2 rings (SSSR count). The molecule has 0 saturated carbocycles. The molecule has 2 heterocycles. The van der Waals surface area contributed by atoms with Gasteiger partial charge in [-0.3, -0.25) is 0 Å². The van der Waals surface area contributed by atoms with Gasteiger partial charge >= 0.3 is 0 Å². The Hall–Kier alpha value is -0.210. The summed E-state index contributed by atoms with van der Waals surface area (Å²) in [7, 11) is -3.43. The zero-order valence-corrected chi connectivity index (χ0v) is 11.1. The van der Waals surface area contributed by atoms with Crippen LogP contribution in [0.4, 0.5) is 0 Å². The van der Waals surface area contributed by atoms with E-state index in [4.69, 9.17) is 4.74 Å². The molecular weight excluding hydrogens is 244 g/mol. The van der Waals surface area contributed by atoms with Crippen molar-refractivity contribution in [2.75, 3.05) is 26.2 Å². The van der Waals surface area contributed by atoms with Crippen molar-refractivity contribution >= 4 is 10.2 Å². The van der Waals surface area contributed by atoms with Gasteiger partial charge in [0.2, 0.25) is 0 Å². The van der Waals surface area contributed by atoms with Crippen molar-refractivity contribution < 1.29 is 18.3 Å². The highest BCUT2D eigenvalue weighted by Crippen LogP contribution is 2.21. The minimum absolute atomic E-state index is 0.0824. The lowest BCUT2D eigenvalue weighted by Gasteiger charge is -2.36. The summed E-state index contributed by atoms with van der Waals surface area (Å²) >= 11 is 0. The summed E-state index contributed by atoms with van der Waals surface area (Å²) in [6.45, 7) is 5.14. The van der Waals surface area contributed by atoms with Gasteiger partial charge in [-0.25, -0.2) is 0 Å². The highest BCUT2D eigenvalue weighted by atomic mass is 32.2. The Kier molecular flexibility index (Phi) is 3.74. The van der Waals surface area contributed by atoms with Crippen molar-refractivity contribution in [1.29, 1.82) is 0 Å². The molecule has 6 nitrogen and oxygen atoms in total. The Morgan fingerprint density at radius 2 is 1.71 bits per heavy atom. The Labute approximate surface area is 102 Å². The van der Waals surface area contributed by atoms with Gasteiger partial charge in [0.15, 0.2) is 0 Å². The fourth-order valence-corrected chi connectivity index (χ4v) is 4.22. The maximum absolute atomic E-state index is 12.3. The Bertz CT molecular complexity index is 363. The van der Waals surface area contributed by atoms with Crippen molar-refractivity contribution in [3.8, 4) is 0 Å². The second-order valence-electron chi connectivity index (χ2n) is 4.88. The summed E-state index contributed by atoms with van der Waals surface area (Å²) in [5.74, 6) is 0. The summed E-state index contributed by atoms with van der Waals surface area (Å²) in [5, 5.41) is 9.42. The molecule has 0 aliphatic carbocycles. The van der Waals surface area contributed by atoms with Gasteiger partial charge in [0.25, 0.3) is 10.2 Å². The normalized spacial score (nSPS) is 37.5. The van der Waals surface area contributed by atoms with Crippen LogP contribution >= 0.6 is 0 Å². The van der Waals surface area contributed by atoms with Gasteiger partial charge in [0, 0.05) is 26.2 Å². The van der Waals surface area contributed by atoms with Crippen LogP contribution in [0.5, 0.6) is 0 Å². The number of hydrogen-bond donors (Lipinski definition) is 1. The smallest absolute Gasteiger partial charge is 0.282 e. The number of β-amino-alcohol motifs (C(OH)–C–C–N with tert-alkyl or cyclic N) is 1. The fourth-order valence-electron chi connectivity index (χ4n) is 2.40. The number of rotatable bonds is 2. The summed E-state index contributed by atoms with van der Waals surface area (Å²) in [4.78, 5) is 0. The molecule has 0 radical (unpaired) electrons. The average molecular weight is 264 g/mol. The lowest BCUT2D eigenvalue weighted by atomic mass is 10.3. The van der Waals surface area contributed by atoms with E-state index in [2.05, 4.69) is 0 Å². The molecule has 2 aliphatic heterocycles. The molecule has 0 bridgehead atoms. The first-order valence-electron chi connectivity index (χ1n) is 5.98. The van der Waals surface area contributed by atoms with Crippen molar-refractivity contribution in [3.05, 3.63) is 0 Å². The van der Waals surface area contributed by atoms with Crippen molar-refractivity contribution in [3.63, 3.8) is 0 Å². The van der Waals surface area contributed by atoms with Gasteiger partial charge < -0.3 is 9.84 Å². The third-order valence-electron chi connectivity index (χ3n) is 3.16. The molecule has 2 aliphatic rings. The molecule has 0 aromatic carbocycles. The molecule has 0 amide bonds. The maximum Gasteiger partial charge on any atom is 0.282 e. The predicted molar refractivity (Wildman–Crippen MR) is 62.7 cm³/mol. The van der Waals surface area contributed by atoms with Gasteiger partial charge in [0.1, 0.15) is 0 Å². The lowest BCUT2D eigenvalue weighted by molar-refractivity contribution is -0.0453. The molecule has 2 saturated heterocycles. The number of aliphatic hydroxyl groups is 1. The number of nitrogens with zero attached hydrogens (tertiary/aromatic N) is 2. The maximum atomic E-state index is 12.3. The summed E-state index contributed by atoms with van der Waals surface area (Å²) in [6.07, 6.45) is -0.169. The first kappa shape index (κ1) is 13.2. The molecule has 0 aromatic heterocycles. The Morgan fingerprint density at radius 1 is 1.12 bits per heavy atom. The van der Waals surface area contributed by atoms with E-state index in [-0.39, 0.29) is 18.8 Å². The number of ether oxygens (including phenoxy) is 1. The van der Waals surface area contributed by atoms with E-state index in [0.717, 1.165) is 0 Å². The summed E-state index contributed by atoms with van der Waals surface area (Å²) in [5.41, 5.74) is 0. The van der Waals surface area contributed by atoms with E-state index in [1.165, 1.54) is 8.61 Å². The van der Waals surface area contributed by atoms with Gasteiger partial charge in [-0.15, -0.1) is 0 Å². The first-order valence-corrected chi connectivity index (χ1v) is 7.38. The molecule has 3 unspecified atom stereocenters. The van der Waals surface area contributed by atoms with Crippen LogP contribution in [0.15, 0.2) is 0 Å². The molecule has 7 heteroatoms. The van der Waals surface area contributed by atoms with Crippen LogP contribution in [-0.2, 0) is 14.9 Å². The molecule has 0 aromatic rings. The molecule has 1 N–H and O–H groups in total. The topological polar surface area (TPSA) is 70.1 Å². The van der Waals surface area contributed by atoms with E-state index >= 15 is 0 Å². The zero-order chi connectivity index (χ0) is 12.6. The molecule has 3 atom stereocenters.